The van der Waals surface area contributed by atoms with Crippen LogP contribution < -0.4 is 9.80 Å². The van der Waals surface area contributed by atoms with Crippen LogP contribution in [0.3, 0.4) is 0 Å². The van der Waals surface area contributed by atoms with E-state index in [1.54, 1.807) is 48.3 Å². The summed E-state index contributed by atoms with van der Waals surface area (Å²) < 4.78 is 0. The Kier molecular flexibility index (Phi) is 10.8. The van der Waals surface area contributed by atoms with Crippen molar-refractivity contribution in [2.45, 2.75) is 19.6 Å². The highest BCUT2D eigenvalue weighted by molar-refractivity contribution is 8.00. The van der Waals surface area contributed by atoms with Gasteiger partial charge in [0.2, 0.25) is 0 Å². The van der Waals surface area contributed by atoms with Gasteiger partial charge in [-0.15, -0.1) is 0 Å². The van der Waals surface area contributed by atoms with Crippen LogP contribution in [0.4, 0.5) is 34.1 Å². The first-order valence-corrected chi connectivity index (χ1v) is 25.7. The first-order chi connectivity index (χ1) is 36.7. The third-order valence-electron chi connectivity index (χ3n) is 13.1. The monoisotopic (exact) mass is 986 g/mol. The normalized spacial score (nSPS) is 12.4. The third kappa shape index (κ3) is 7.80. The Bertz CT molecular complexity index is 3640. The van der Waals surface area contributed by atoms with Crippen molar-refractivity contribution in [1.29, 1.82) is 0 Å². The van der Waals surface area contributed by atoms with Gasteiger partial charge in [-0.2, -0.15) is 0 Å². The Morgan fingerprint density at radius 3 is 1.03 bits per heavy atom. The quantitative estimate of drug-likeness (QED) is 0.145. The number of aromatic nitrogens is 8. The van der Waals surface area contributed by atoms with E-state index in [2.05, 4.69) is 141 Å². The van der Waals surface area contributed by atoms with E-state index in [0.29, 0.717) is 23.0 Å². The molecule has 0 N–H and O–H groups in total. The van der Waals surface area contributed by atoms with E-state index in [1.165, 1.54) is 0 Å². The number of rotatable bonds is 8. The lowest BCUT2D eigenvalue weighted by atomic mass is 9.96. The van der Waals surface area contributed by atoms with Gasteiger partial charge in [0.1, 0.15) is 0 Å². The molecule has 2 aliphatic heterocycles. The molecule has 0 bridgehead atoms. The van der Waals surface area contributed by atoms with Crippen molar-refractivity contribution in [2.75, 3.05) is 9.80 Å². The summed E-state index contributed by atoms with van der Waals surface area (Å²) in [7, 11) is 0. The highest BCUT2D eigenvalue weighted by Gasteiger charge is 2.31. The molecule has 14 rings (SSSR count). The van der Waals surface area contributed by atoms with E-state index in [4.69, 9.17) is 29.9 Å². The number of fused-ring (bicyclic) bond motifs is 5. The van der Waals surface area contributed by atoms with Crippen LogP contribution in [0.25, 0.3) is 78.8 Å². The van der Waals surface area contributed by atoms with Crippen molar-refractivity contribution in [2.24, 2.45) is 0 Å². The summed E-state index contributed by atoms with van der Waals surface area (Å²) in [6.07, 6.45) is 10.8. The Labute approximate surface area is 434 Å². The van der Waals surface area contributed by atoms with Crippen molar-refractivity contribution in [3.8, 4) is 68.1 Å². The van der Waals surface area contributed by atoms with Gasteiger partial charge in [-0.3, -0.25) is 19.9 Å². The molecule has 8 heterocycles. The van der Waals surface area contributed by atoms with E-state index in [-0.39, 0.29) is 0 Å². The number of hydrogen-bond acceptors (Lipinski definition) is 12. The van der Waals surface area contributed by atoms with Crippen LogP contribution in [0.5, 0.6) is 0 Å². The Hall–Kier alpha value is -9.36. The molecule has 6 aromatic heterocycles. The summed E-state index contributed by atoms with van der Waals surface area (Å²) >= 11 is 3.55. The van der Waals surface area contributed by atoms with Crippen LogP contribution in [0, 0.1) is 0 Å². The number of anilines is 6. The lowest BCUT2D eigenvalue weighted by Crippen LogP contribution is -2.17. The van der Waals surface area contributed by atoms with Gasteiger partial charge < -0.3 is 9.80 Å². The molecule has 0 spiro atoms. The Morgan fingerprint density at radius 1 is 0.284 bits per heavy atom. The molecule has 0 radical (unpaired) electrons. The molecule has 12 aromatic rings. The maximum absolute atomic E-state index is 5.39. The van der Waals surface area contributed by atoms with E-state index in [1.807, 2.05) is 85.2 Å². The summed E-state index contributed by atoms with van der Waals surface area (Å²) in [5.74, 6) is 1.08. The highest BCUT2D eigenvalue weighted by atomic mass is 32.2. The molecule has 10 nitrogen and oxygen atoms in total. The second-order valence-corrected chi connectivity index (χ2v) is 19.8. The fourth-order valence-electron chi connectivity index (χ4n) is 9.75. The van der Waals surface area contributed by atoms with E-state index >= 15 is 0 Å². The molecule has 348 valence electrons. The van der Waals surface area contributed by atoms with Gasteiger partial charge in [-0.05, 0) is 133 Å². The fraction of sp³-hybridized carbons (Fsp3) is 0. The van der Waals surface area contributed by atoms with Crippen molar-refractivity contribution >= 4 is 68.4 Å². The molecule has 12 heteroatoms. The SMILES string of the molecule is c1ccc(-c2cc(-c3cccnc3)nc(-c3cc(N4c5ccccc5Sc5ccccc54)c4cc(-c5nc(-c6cccnc6)cc(-c6ccccn6)n5)cc(N5c6ccccc6Sc6ccccc65)c4c3)n2)nc1. The number of pyridine rings is 4. The number of hydrogen-bond donors (Lipinski definition) is 0. The average molecular weight is 987 g/mol. The van der Waals surface area contributed by atoms with Crippen LogP contribution >= 0.6 is 23.5 Å². The molecule has 74 heavy (non-hydrogen) atoms. The van der Waals surface area contributed by atoms with Gasteiger partial charge >= 0.3 is 0 Å². The predicted octanol–water partition coefficient (Wildman–Crippen LogP) is 15.9. The van der Waals surface area contributed by atoms with Crippen LogP contribution in [0.15, 0.2) is 251 Å². The highest BCUT2D eigenvalue weighted by Crippen LogP contribution is 2.57. The van der Waals surface area contributed by atoms with Crippen LogP contribution in [0.1, 0.15) is 0 Å². The van der Waals surface area contributed by atoms with E-state index in [0.717, 1.165) is 110 Å². The molecule has 0 fully saturated rings. The molecule has 0 atom stereocenters. The zero-order valence-corrected chi connectivity index (χ0v) is 40.9. The molecule has 6 aromatic carbocycles. The van der Waals surface area contributed by atoms with Crippen molar-refractivity contribution in [1.82, 2.24) is 39.9 Å². The van der Waals surface area contributed by atoms with Crippen LogP contribution in [0.2, 0.25) is 0 Å². The van der Waals surface area contributed by atoms with Crippen molar-refractivity contribution < 1.29 is 0 Å². The molecule has 0 aliphatic carbocycles. The molecule has 0 saturated heterocycles. The lowest BCUT2D eigenvalue weighted by Gasteiger charge is -2.36. The van der Waals surface area contributed by atoms with Crippen LogP contribution in [-0.4, -0.2) is 39.9 Å². The molecule has 0 amide bonds. The minimum absolute atomic E-state index is 0.542. The minimum Gasteiger partial charge on any atom is -0.308 e. The lowest BCUT2D eigenvalue weighted by molar-refractivity contribution is 1.14. The molecular formula is C62H38N10S2. The molecule has 0 saturated carbocycles. The minimum atomic E-state index is 0.542. The number of benzene rings is 6. The van der Waals surface area contributed by atoms with Gasteiger partial charge in [-0.25, -0.2) is 19.9 Å². The summed E-state index contributed by atoms with van der Waals surface area (Å²) in [6.45, 7) is 0. The first-order valence-electron chi connectivity index (χ1n) is 24.0. The number of nitrogens with zero attached hydrogens (tertiary/aromatic N) is 10. The maximum atomic E-state index is 5.39. The van der Waals surface area contributed by atoms with Gasteiger partial charge in [0.25, 0.3) is 0 Å². The zero-order valence-electron chi connectivity index (χ0n) is 39.2. The standard InChI is InChI=1S/C62H38N10S2/c1-5-23-57-51(19-1)71(52-20-2-6-24-58(52)73-57)55-33-41(61-67-47(39-15-13-27-63-37-39)35-49(69-61)45-17-9-11-29-65-45)32-44-43(55)31-42(34-56(44)72-53-21-3-7-25-59(53)74-60-26-8-4-22-54(60)72)62-68-48(40-16-14-28-64-38-40)36-50(70-62)46-18-10-12-30-66-46/h1-38H. The van der Waals surface area contributed by atoms with E-state index < -0.39 is 0 Å². The van der Waals surface area contributed by atoms with Gasteiger partial charge in [0.15, 0.2) is 11.6 Å². The Balaban J connectivity index is 1.13. The van der Waals surface area contributed by atoms with Gasteiger partial charge in [0, 0.05) is 89.8 Å². The summed E-state index contributed by atoms with van der Waals surface area (Å²) in [5.41, 5.74) is 13.8. The molecule has 0 unspecified atom stereocenters. The number of para-hydroxylation sites is 4. The second-order valence-electron chi connectivity index (χ2n) is 17.7. The Morgan fingerprint density at radius 2 is 0.662 bits per heavy atom. The third-order valence-corrected chi connectivity index (χ3v) is 15.4. The summed E-state index contributed by atoms with van der Waals surface area (Å²) in [4.78, 5) is 49.4. The molecular weight excluding hydrogens is 949 g/mol. The first kappa shape index (κ1) is 43.4. The topological polar surface area (TPSA) is 110 Å². The summed E-state index contributed by atoms with van der Waals surface area (Å²) in [5, 5.41) is 1.93. The van der Waals surface area contributed by atoms with Crippen molar-refractivity contribution in [3.05, 3.63) is 231 Å². The average Bonchev–Trinajstić information content (AvgIpc) is 3.48. The second kappa shape index (κ2) is 18.4. The zero-order chi connectivity index (χ0) is 49.0. The smallest absolute Gasteiger partial charge is 0.160 e. The summed E-state index contributed by atoms with van der Waals surface area (Å²) in [6, 6.07) is 67.1. The predicted molar refractivity (Wildman–Crippen MR) is 297 cm³/mol. The van der Waals surface area contributed by atoms with Gasteiger partial charge in [-0.1, -0.05) is 84.2 Å². The van der Waals surface area contributed by atoms with Crippen LogP contribution in [-0.2, 0) is 0 Å². The van der Waals surface area contributed by atoms with Crippen molar-refractivity contribution in [3.63, 3.8) is 0 Å². The van der Waals surface area contributed by atoms with Gasteiger partial charge in [0.05, 0.1) is 68.3 Å². The largest absolute Gasteiger partial charge is 0.308 e. The molecule has 2 aliphatic rings. The fourth-order valence-corrected chi connectivity index (χ4v) is 11.9. The van der Waals surface area contributed by atoms with E-state index in [9.17, 15) is 0 Å². The maximum Gasteiger partial charge on any atom is 0.160 e.